The molecule has 2 aromatic rings. The van der Waals surface area contributed by atoms with Crippen molar-refractivity contribution < 1.29 is 4.74 Å². The molecule has 0 radical (unpaired) electrons. The Morgan fingerprint density at radius 1 is 1.65 bits per heavy atom. The zero-order chi connectivity index (χ0) is 12.3. The quantitative estimate of drug-likeness (QED) is 0.600. The predicted molar refractivity (Wildman–Crippen MR) is 69.0 cm³/mol. The normalized spacial score (nSPS) is 15.2. The summed E-state index contributed by atoms with van der Waals surface area (Å²) in [5, 5.41) is 2.03. The third kappa shape index (κ3) is 3.04. The van der Waals surface area contributed by atoms with Gasteiger partial charge in [-0.15, -0.1) is 11.3 Å². The van der Waals surface area contributed by atoms with Crippen LogP contribution in [0.5, 0.6) is 0 Å². The molecule has 0 aliphatic heterocycles. The van der Waals surface area contributed by atoms with Gasteiger partial charge in [0.1, 0.15) is 0 Å². The molecule has 0 fully saturated rings. The van der Waals surface area contributed by atoms with E-state index < -0.39 is 0 Å². The van der Waals surface area contributed by atoms with Gasteiger partial charge in [0.15, 0.2) is 4.96 Å². The molecule has 6 heteroatoms. The van der Waals surface area contributed by atoms with Crippen LogP contribution in [-0.2, 0) is 11.2 Å². The zero-order valence-electron chi connectivity index (χ0n) is 10.1. The number of aromatic nitrogens is 2. The molecular formula is C11H18N4OS. The molecule has 2 rings (SSSR count). The number of nitrogens with zero attached hydrogens (tertiary/aromatic N) is 2. The average molecular weight is 254 g/mol. The first kappa shape index (κ1) is 12.5. The van der Waals surface area contributed by atoms with Crippen molar-refractivity contribution in [3.8, 4) is 0 Å². The molecule has 94 valence electrons. The molecule has 2 atom stereocenters. The highest BCUT2D eigenvalue weighted by Crippen LogP contribution is 2.14. The van der Waals surface area contributed by atoms with Gasteiger partial charge in [-0.25, -0.2) is 4.98 Å². The van der Waals surface area contributed by atoms with E-state index in [0.717, 1.165) is 23.5 Å². The lowest BCUT2D eigenvalue weighted by molar-refractivity contribution is 0.100. The van der Waals surface area contributed by atoms with Crippen LogP contribution in [0, 0.1) is 0 Å². The summed E-state index contributed by atoms with van der Waals surface area (Å²) in [6.07, 6.45) is 5.95. The van der Waals surface area contributed by atoms with Crippen molar-refractivity contribution in [2.45, 2.75) is 31.9 Å². The summed E-state index contributed by atoms with van der Waals surface area (Å²) in [7, 11) is 1.71. The largest absolute Gasteiger partial charge is 0.382 e. The van der Waals surface area contributed by atoms with Gasteiger partial charge >= 0.3 is 0 Å². The number of fused-ring (bicyclic) bond motifs is 1. The van der Waals surface area contributed by atoms with Crippen LogP contribution in [-0.4, -0.2) is 28.6 Å². The summed E-state index contributed by atoms with van der Waals surface area (Å²) in [6, 6.07) is 0.189. The van der Waals surface area contributed by atoms with Crippen LogP contribution in [0.25, 0.3) is 4.96 Å². The summed E-state index contributed by atoms with van der Waals surface area (Å²) >= 11 is 1.64. The second-order valence-corrected chi connectivity index (χ2v) is 5.05. The topological polar surface area (TPSA) is 64.6 Å². The number of nitrogens with one attached hydrogen (secondary N) is 1. The third-order valence-corrected chi connectivity index (χ3v) is 3.62. The van der Waals surface area contributed by atoms with Gasteiger partial charge in [-0.05, 0) is 13.3 Å². The Kier molecular flexibility index (Phi) is 4.11. The number of imidazole rings is 1. The van der Waals surface area contributed by atoms with E-state index >= 15 is 0 Å². The molecular weight excluding hydrogens is 236 g/mol. The molecule has 2 aromatic heterocycles. The smallest absolute Gasteiger partial charge is 0.193 e. The molecule has 0 aliphatic carbocycles. The molecule has 0 spiro atoms. The second-order valence-electron chi connectivity index (χ2n) is 4.17. The minimum absolute atomic E-state index is 0.189. The minimum atomic E-state index is 0.189. The minimum Gasteiger partial charge on any atom is -0.382 e. The molecule has 5 nitrogen and oxygen atoms in total. The van der Waals surface area contributed by atoms with Crippen LogP contribution in [0.2, 0.25) is 0 Å². The first-order chi connectivity index (χ1) is 8.22. The van der Waals surface area contributed by atoms with Gasteiger partial charge in [0.05, 0.1) is 11.8 Å². The van der Waals surface area contributed by atoms with E-state index in [2.05, 4.69) is 10.4 Å². The van der Waals surface area contributed by atoms with Crippen LogP contribution in [0.3, 0.4) is 0 Å². The van der Waals surface area contributed by atoms with Crippen LogP contribution in [0.4, 0.5) is 0 Å². The monoisotopic (exact) mass is 254 g/mol. The highest BCUT2D eigenvalue weighted by molar-refractivity contribution is 7.15. The summed E-state index contributed by atoms with van der Waals surface area (Å²) < 4.78 is 7.28. The van der Waals surface area contributed by atoms with E-state index in [1.165, 1.54) is 0 Å². The number of rotatable bonds is 6. The molecule has 0 saturated carbocycles. The van der Waals surface area contributed by atoms with Crippen molar-refractivity contribution in [3.63, 3.8) is 0 Å². The van der Waals surface area contributed by atoms with Crippen LogP contribution in [0.15, 0.2) is 17.8 Å². The predicted octanol–water partition coefficient (Wildman–Crippen LogP) is 1.20. The lowest BCUT2D eigenvalue weighted by Crippen LogP contribution is -2.39. The van der Waals surface area contributed by atoms with E-state index in [4.69, 9.17) is 10.6 Å². The Bertz CT molecular complexity index is 438. The molecule has 17 heavy (non-hydrogen) atoms. The highest BCUT2D eigenvalue weighted by Gasteiger charge is 2.14. The Hall–Kier alpha value is -0.950. The Morgan fingerprint density at radius 3 is 3.12 bits per heavy atom. The van der Waals surface area contributed by atoms with Crippen molar-refractivity contribution in [3.05, 3.63) is 23.5 Å². The number of ether oxygens (including phenoxy) is 1. The fourth-order valence-corrected chi connectivity index (χ4v) is 2.55. The molecule has 0 saturated heterocycles. The lowest BCUT2D eigenvalue weighted by atomic mass is 10.1. The maximum Gasteiger partial charge on any atom is 0.193 e. The Morgan fingerprint density at radius 2 is 2.47 bits per heavy atom. The van der Waals surface area contributed by atoms with Gasteiger partial charge in [0.2, 0.25) is 0 Å². The molecule has 3 N–H and O–H groups in total. The van der Waals surface area contributed by atoms with E-state index in [9.17, 15) is 0 Å². The van der Waals surface area contributed by atoms with Crippen molar-refractivity contribution in [1.29, 1.82) is 0 Å². The second kappa shape index (κ2) is 5.59. The fourth-order valence-electron chi connectivity index (χ4n) is 1.83. The van der Waals surface area contributed by atoms with Crippen molar-refractivity contribution in [2.75, 3.05) is 7.11 Å². The molecule has 2 heterocycles. The number of thiazole rings is 1. The van der Waals surface area contributed by atoms with Crippen LogP contribution in [0.1, 0.15) is 19.0 Å². The van der Waals surface area contributed by atoms with Gasteiger partial charge in [-0.2, -0.15) is 0 Å². The SMILES string of the molecule is COC(C)CC(Cc1cn2ccsc2n1)NN. The van der Waals surface area contributed by atoms with Crippen LogP contribution >= 0.6 is 11.3 Å². The van der Waals surface area contributed by atoms with Gasteiger partial charge in [-0.1, -0.05) is 0 Å². The molecule has 0 bridgehead atoms. The number of hydrogen-bond acceptors (Lipinski definition) is 5. The molecule has 0 aromatic carbocycles. The highest BCUT2D eigenvalue weighted by atomic mass is 32.1. The lowest BCUT2D eigenvalue weighted by Gasteiger charge is -2.18. The summed E-state index contributed by atoms with van der Waals surface area (Å²) in [4.78, 5) is 5.56. The average Bonchev–Trinajstić information content (AvgIpc) is 2.88. The fraction of sp³-hybridized carbons (Fsp3) is 0.545. The maximum absolute atomic E-state index is 5.56. The van der Waals surface area contributed by atoms with Gasteiger partial charge in [-0.3, -0.25) is 15.7 Å². The van der Waals surface area contributed by atoms with Crippen molar-refractivity contribution in [1.82, 2.24) is 14.8 Å². The number of hydrogen-bond donors (Lipinski definition) is 2. The van der Waals surface area contributed by atoms with E-state index in [1.54, 1.807) is 18.4 Å². The Balaban J connectivity index is 2.00. The number of nitrogens with two attached hydrogens (primary N) is 1. The Labute approximate surface area is 105 Å². The molecule has 0 aliphatic rings. The number of methoxy groups -OCH3 is 1. The van der Waals surface area contributed by atoms with E-state index in [1.807, 2.05) is 29.1 Å². The van der Waals surface area contributed by atoms with Crippen LogP contribution < -0.4 is 11.3 Å². The number of hydrazine groups is 1. The third-order valence-electron chi connectivity index (χ3n) is 2.85. The first-order valence-corrected chi connectivity index (χ1v) is 6.51. The summed E-state index contributed by atoms with van der Waals surface area (Å²) in [5.41, 5.74) is 3.88. The molecule has 0 amide bonds. The summed E-state index contributed by atoms with van der Waals surface area (Å²) in [6.45, 7) is 2.04. The van der Waals surface area contributed by atoms with E-state index in [0.29, 0.717) is 0 Å². The first-order valence-electron chi connectivity index (χ1n) is 5.63. The standard InChI is InChI=1S/C11H18N4OS/c1-8(16-2)5-9(14-12)6-10-7-15-3-4-17-11(15)13-10/h3-4,7-9,14H,5-6,12H2,1-2H3. The van der Waals surface area contributed by atoms with Gasteiger partial charge < -0.3 is 4.74 Å². The van der Waals surface area contributed by atoms with E-state index in [-0.39, 0.29) is 12.1 Å². The summed E-state index contributed by atoms with van der Waals surface area (Å²) in [5.74, 6) is 5.56. The van der Waals surface area contributed by atoms with Crippen molar-refractivity contribution in [2.24, 2.45) is 5.84 Å². The van der Waals surface area contributed by atoms with Gasteiger partial charge in [0, 0.05) is 37.3 Å². The zero-order valence-corrected chi connectivity index (χ0v) is 10.9. The van der Waals surface area contributed by atoms with Gasteiger partial charge in [0.25, 0.3) is 0 Å². The molecule has 2 unspecified atom stereocenters. The maximum atomic E-state index is 5.56. The van der Waals surface area contributed by atoms with Crippen molar-refractivity contribution >= 4 is 16.3 Å².